The summed E-state index contributed by atoms with van der Waals surface area (Å²) in [5.74, 6) is 0. The Bertz CT molecular complexity index is 996. The van der Waals surface area contributed by atoms with Crippen LogP contribution in [0.25, 0.3) is 0 Å². The molecule has 284 valence electrons. The summed E-state index contributed by atoms with van der Waals surface area (Å²) in [5, 5.41) is 2.07. The zero-order valence-corrected chi connectivity index (χ0v) is 33.0. The van der Waals surface area contributed by atoms with Crippen LogP contribution in [0.2, 0.25) is 0 Å². The molecule has 7 heteroatoms. The van der Waals surface area contributed by atoms with Gasteiger partial charge in [-0.25, -0.2) is 4.79 Å². The van der Waals surface area contributed by atoms with Crippen molar-refractivity contribution in [1.29, 1.82) is 0 Å². The van der Waals surface area contributed by atoms with Crippen molar-refractivity contribution >= 4 is 6.16 Å². The fourth-order valence-electron chi connectivity index (χ4n) is 8.38. The number of fused-ring (bicyclic) bond motifs is 1. The van der Waals surface area contributed by atoms with Crippen LogP contribution < -0.4 is 0 Å². The molecule has 0 saturated carbocycles. The summed E-state index contributed by atoms with van der Waals surface area (Å²) in [6.07, 6.45) is 30.8. The molecule has 0 bridgehead atoms. The zero-order valence-electron chi connectivity index (χ0n) is 33.0. The maximum atomic E-state index is 13.2. The molecule has 3 aliphatic rings. The standard InChI is InChI=1S/C42H76N2O5/c1-8-12-14-16-18-20-22-24-26-28-46-39-34-42(7)33-38(30-35(10-3)43(39)42)49-40(45)48-37-31-36(11-4)44(41(5,6)32-37)47-29-27-25-23-21-19-17-15-13-9-2/h10-11,37-39H,8-9,12-34H2,1-7H3/b35-10+,36-11+. The predicted octanol–water partition coefficient (Wildman–Crippen LogP) is 12.2. The largest absolute Gasteiger partial charge is 0.508 e. The van der Waals surface area contributed by atoms with Crippen molar-refractivity contribution in [2.45, 2.75) is 226 Å². The van der Waals surface area contributed by atoms with Gasteiger partial charge in [-0.15, -0.1) is 0 Å². The third-order valence-electron chi connectivity index (χ3n) is 11.1. The smallest absolute Gasteiger partial charge is 0.430 e. The highest BCUT2D eigenvalue weighted by Gasteiger charge is 2.54. The number of hydroxylamine groups is 2. The first-order valence-electron chi connectivity index (χ1n) is 20.7. The average molecular weight is 689 g/mol. The predicted molar refractivity (Wildman–Crippen MR) is 202 cm³/mol. The molecular weight excluding hydrogens is 612 g/mol. The van der Waals surface area contributed by atoms with E-state index in [1.54, 1.807) is 0 Å². The molecule has 4 unspecified atom stereocenters. The maximum Gasteiger partial charge on any atom is 0.508 e. The minimum absolute atomic E-state index is 0.0500. The number of hydrogen-bond acceptors (Lipinski definition) is 7. The number of piperidine rings is 2. The lowest BCUT2D eigenvalue weighted by Crippen LogP contribution is -2.68. The molecule has 3 saturated heterocycles. The molecule has 3 fully saturated rings. The molecule has 3 heterocycles. The molecule has 0 radical (unpaired) electrons. The SMILES string of the molecule is C/C=C1\CC(OC(=O)OC2C/C(=C\C)N3C(OCCCCCCCCCCC)CC3(C)C2)CC(C)(C)N1OCCCCCCCCCCC. The third-order valence-corrected chi connectivity index (χ3v) is 11.1. The Morgan fingerprint density at radius 3 is 1.65 bits per heavy atom. The molecule has 3 aliphatic heterocycles. The fraction of sp³-hybridized carbons (Fsp3) is 0.881. The van der Waals surface area contributed by atoms with Crippen LogP contribution in [-0.4, -0.2) is 58.8 Å². The van der Waals surface area contributed by atoms with Gasteiger partial charge in [-0.3, -0.25) is 9.90 Å². The van der Waals surface area contributed by atoms with E-state index in [4.69, 9.17) is 19.0 Å². The molecule has 4 atom stereocenters. The van der Waals surface area contributed by atoms with Crippen molar-refractivity contribution in [2.75, 3.05) is 13.2 Å². The van der Waals surface area contributed by atoms with E-state index in [1.165, 1.54) is 108 Å². The Morgan fingerprint density at radius 2 is 1.12 bits per heavy atom. The van der Waals surface area contributed by atoms with E-state index in [9.17, 15) is 4.79 Å². The summed E-state index contributed by atoms with van der Waals surface area (Å²) in [6.45, 7) is 16.8. The first kappa shape index (κ1) is 41.7. The highest BCUT2D eigenvalue weighted by atomic mass is 16.7. The first-order valence-corrected chi connectivity index (χ1v) is 20.7. The van der Waals surface area contributed by atoms with E-state index in [0.29, 0.717) is 19.3 Å². The molecule has 49 heavy (non-hydrogen) atoms. The normalized spacial score (nSPS) is 26.6. The topological polar surface area (TPSA) is 60.5 Å². The Kier molecular flexibility index (Phi) is 18.9. The highest BCUT2D eigenvalue weighted by Crippen LogP contribution is 2.49. The van der Waals surface area contributed by atoms with Gasteiger partial charge in [-0.1, -0.05) is 129 Å². The van der Waals surface area contributed by atoms with Crippen LogP contribution in [0, 0.1) is 0 Å². The van der Waals surface area contributed by atoms with Crippen LogP contribution in [0.1, 0.15) is 196 Å². The fourth-order valence-corrected chi connectivity index (χ4v) is 8.38. The quantitative estimate of drug-likeness (QED) is 0.0739. The van der Waals surface area contributed by atoms with E-state index in [0.717, 1.165) is 44.6 Å². The zero-order chi connectivity index (χ0) is 35.5. The molecule has 0 aromatic rings. The summed E-state index contributed by atoms with van der Waals surface area (Å²) in [5.41, 5.74) is 1.96. The number of nitrogens with zero attached hydrogens (tertiary/aromatic N) is 2. The van der Waals surface area contributed by atoms with Crippen LogP contribution in [0.5, 0.6) is 0 Å². The Balaban J connectivity index is 1.35. The van der Waals surface area contributed by atoms with Gasteiger partial charge in [0, 0.05) is 55.6 Å². The molecule has 0 aromatic heterocycles. The summed E-state index contributed by atoms with van der Waals surface area (Å²) in [4.78, 5) is 21.9. The highest BCUT2D eigenvalue weighted by molar-refractivity contribution is 5.60. The Morgan fingerprint density at radius 1 is 0.653 bits per heavy atom. The lowest BCUT2D eigenvalue weighted by Gasteiger charge is -2.62. The van der Waals surface area contributed by atoms with Crippen LogP contribution in [0.15, 0.2) is 23.5 Å². The molecule has 0 spiro atoms. The Labute approximate surface area is 301 Å². The number of hydrogen-bond donors (Lipinski definition) is 0. The lowest BCUT2D eigenvalue weighted by molar-refractivity contribution is -0.215. The molecule has 0 amide bonds. The molecule has 0 aliphatic carbocycles. The van der Waals surface area contributed by atoms with Gasteiger partial charge in [-0.2, -0.15) is 0 Å². The second kappa shape index (κ2) is 22.3. The summed E-state index contributed by atoms with van der Waals surface area (Å²) in [6, 6.07) is 0. The molecule has 7 nitrogen and oxygen atoms in total. The van der Waals surface area contributed by atoms with Gasteiger partial charge in [0.1, 0.15) is 18.4 Å². The summed E-state index contributed by atoms with van der Waals surface area (Å²) < 4.78 is 18.4. The van der Waals surface area contributed by atoms with E-state index in [1.807, 2.05) is 6.92 Å². The number of unbranched alkanes of at least 4 members (excludes halogenated alkanes) is 16. The third kappa shape index (κ3) is 13.7. The second-order valence-electron chi connectivity index (χ2n) is 16.1. The van der Waals surface area contributed by atoms with Gasteiger partial charge in [0.05, 0.1) is 12.1 Å². The van der Waals surface area contributed by atoms with Crippen molar-refractivity contribution < 1.29 is 23.8 Å². The van der Waals surface area contributed by atoms with Crippen molar-refractivity contribution in [3.8, 4) is 0 Å². The van der Waals surface area contributed by atoms with Gasteiger partial charge in [0.2, 0.25) is 0 Å². The number of carbonyl (C=O) groups excluding carboxylic acids is 1. The molecule has 0 N–H and O–H groups in total. The summed E-state index contributed by atoms with van der Waals surface area (Å²) in [7, 11) is 0. The molecule has 0 aromatic carbocycles. The number of ether oxygens (including phenoxy) is 3. The van der Waals surface area contributed by atoms with Crippen LogP contribution in [0.4, 0.5) is 4.79 Å². The monoisotopic (exact) mass is 689 g/mol. The number of allylic oxidation sites excluding steroid dienone is 2. The van der Waals surface area contributed by atoms with Gasteiger partial charge in [0.15, 0.2) is 0 Å². The van der Waals surface area contributed by atoms with E-state index < -0.39 is 6.16 Å². The average Bonchev–Trinajstić information content (AvgIpc) is 3.05. The van der Waals surface area contributed by atoms with Crippen LogP contribution >= 0.6 is 0 Å². The van der Waals surface area contributed by atoms with Gasteiger partial charge >= 0.3 is 6.16 Å². The minimum atomic E-state index is -0.546. The maximum absolute atomic E-state index is 13.2. The van der Waals surface area contributed by atoms with Crippen molar-refractivity contribution in [3.63, 3.8) is 0 Å². The van der Waals surface area contributed by atoms with E-state index in [2.05, 4.69) is 63.7 Å². The number of carbonyl (C=O) groups is 1. The summed E-state index contributed by atoms with van der Waals surface area (Å²) >= 11 is 0. The van der Waals surface area contributed by atoms with E-state index in [-0.39, 0.29) is 29.5 Å². The second-order valence-corrected chi connectivity index (χ2v) is 16.1. The minimum Gasteiger partial charge on any atom is -0.430 e. The van der Waals surface area contributed by atoms with Crippen molar-refractivity contribution in [2.24, 2.45) is 0 Å². The Hall–Kier alpha value is -1.73. The van der Waals surface area contributed by atoms with Gasteiger partial charge < -0.3 is 19.1 Å². The number of rotatable bonds is 24. The molecular formula is C42H76N2O5. The lowest BCUT2D eigenvalue weighted by atomic mass is 9.74. The molecule has 3 rings (SSSR count). The van der Waals surface area contributed by atoms with Gasteiger partial charge in [-0.05, 0) is 47.5 Å². The van der Waals surface area contributed by atoms with Crippen LogP contribution in [0.3, 0.4) is 0 Å². The first-order chi connectivity index (χ1) is 23.7. The van der Waals surface area contributed by atoms with Crippen molar-refractivity contribution in [3.05, 3.63) is 23.5 Å². The van der Waals surface area contributed by atoms with Gasteiger partial charge in [0.25, 0.3) is 0 Å². The van der Waals surface area contributed by atoms with E-state index >= 15 is 0 Å². The van der Waals surface area contributed by atoms with Crippen molar-refractivity contribution in [1.82, 2.24) is 9.96 Å². The van der Waals surface area contributed by atoms with Crippen LogP contribution in [-0.2, 0) is 19.0 Å².